The van der Waals surface area contributed by atoms with Crippen molar-refractivity contribution in [3.63, 3.8) is 0 Å². The molecule has 1 aliphatic carbocycles. The summed E-state index contributed by atoms with van der Waals surface area (Å²) >= 11 is 0. The second-order valence-electron chi connectivity index (χ2n) is 5.13. The molecule has 2 rings (SSSR count). The van der Waals surface area contributed by atoms with Gasteiger partial charge in [-0.2, -0.15) is 0 Å². The fraction of sp³-hybridized carbons (Fsp3) is 0.571. The van der Waals surface area contributed by atoms with E-state index in [1.54, 1.807) is 25.6 Å². The summed E-state index contributed by atoms with van der Waals surface area (Å²) in [6.07, 6.45) is 5.53. The Balaban J connectivity index is 2.20. The Kier molecular flexibility index (Phi) is 4.92. The van der Waals surface area contributed by atoms with Crippen LogP contribution < -0.4 is 11.3 Å². The summed E-state index contributed by atoms with van der Waals surface area (Å²) in [5.74, 6) is 6.01. The van der Waals surface area contributed by atoms with Crippen molar-refractivity contribution in [2.75, 3.05) is 25.7 Å². The van der Waals surface area contributed by atoms with Crippen molar-refractivity contribution < 1.29 is 9.53 Å². The monoisotopic (exact) mass is 278 g/mol. The number of hydrogen-bond acceptors (Lipinski definition) is 5. The third-order valence-corrected chi connectivity index (χ3v) is 3.80. The summed E-state index contributed by atoms with van der Waals surface area (Å²) in [5.41, 5.74) is 3.64. The Hall–Kier alpha value is -1.66. The first-order valence-electron chi connectivity index (χ1n) is 6.89. The lowest BCUT2D eigenvalue weighted by Gasteiger charge is -2.29. The first kappa shape index (κ1) is 14.7. The van der Waals surface area contributed by atoms with Crippen molar-refractivity contribution >= 4 is 11.6 Å². The van der Waals surface area contributed by atoms with Gasteiger partial charge in [0, 0.05) is 32.1 Å². The lowest BCUT2D eigenvalue weighted by molar-refractivity contribution is 0.0595. The number of rotatable bonds is 7. The number of hydrogen-bond donors (Lipinski definition) is 2. The van der Waals surface area contributed by atoms with Gasteiger partial charge in [-0.05, 0) is 31.7 Å². The van der Waals surface area contributed by atoms with Gasteiger partial charge in [-0.3, -0.25) is 15.6 Å². The minimum atomic E-state index is -0.0532. The predicted molar refractivity (Wildman–Crippen MR) is 77.1 cm³/mol. The molecule has 1 unspecified atom stereocenters. The van der Waals surface area contributed by atoms with Gasteiger partial charge in [0.25, 0.3) is 5.91 Å². The number of nitrogens with two attached hydrogens (primary N) is 1. The highest BCUT2D eigenvalue weighted by Crippen LogP contribution is 2.35. The molecule has 0 aromatic carbocycles. The predicted octanol–water partition coefficient (Wildman–Crippen LogP) is 1.25. The normalized spacial score (nSPS) is 15.8. The maximum Gasteiger partial charge on any atom is 0.257 e. The van der Waals surface area contributed by atoms with Gasteiger partial charge < -0.3 is 15.1 Å². The molecule has 3 N–H and O–H groups in total. The van der Waals surface area contributed by atoms with Gasteiger partial charge in [0.2, 0.25) is 0 Å². The third kappa shape index (κ3) is 3.26. The highest BCUT2D eigenvalue weighted by Gasteiger charge is 2.35. The molecule has 0 saturated heterocycles. The number of aromatic nitrogens is 1. The summed E-state index contributed by atoms with van der Waals surface area (Å²) in [6.45, 7) is 3.19. The average molecular weight is 278 g/mol. The third-order valence-electron chi connectivity index (χ3n) is 3.80. The van der Waals surface area contributed by atoms with Crippen LogP contribution >= 0.6 is 0 Å². The molecule has 6 nitrogen and oxygen atoms in total. The summed E-state index contributed by atoms with van der Waals surface area (Å²) in [5, 5.41) is 0. The Morgan fingerprint density at radius 1 is 1.65 bits per heavy atom. The fourth-order valence-electron chi connectivity index (χ4n) is 2.36. The molecule has 1 atom stereocenters. The van der Waals surface area contributed by atoms with Crippen molar-refractivity contribution in [2.24, 2.45) is 11.8 Å². The van der Waals surface area contributed by atoms with E-state index in [0.717, 1.165) is 0 Å². The van der Waals surface area contributed by atoms with Crippen molar-refractivity contribution in [3.8, 4) is 0 Å². The number of anilines is 1. The number of pyridine rings is 1. The Morgan fingerprint density at radius 3 is 3.00 bits per heavy atom. The van der Waals surface area contributed by atoms with Crippen LogP contribution in [0.15, 0.2) is 18.5 Å². The highest BCUT2D eigenvalue weighted by molar-refractivity contribution is 5.99. The lowest BCUT2D eigenvalue weighted by atomic mass is 10.1. The van der Waals surface area contributed by atoms with E-state index in [4.69, 9.17) is 10.6 Å². The molecule has 1 fully saturated rings. The molecule has 1 aliphatic rings. The lowest BCUT2D eigenvalue weighted by Crippen LogP contribution is -2.42. The summed E-state index contributed by atoms with van der Waals surface area (Å²) in [4.78, 5) is 18.6. The number of amides is 1. The minimum absolute atomic E-state index is 0.0532. The number of carbonyl (C=O) groups is 1. The van der Waals surface area contributed by atoms with E-state index in [1.807, 2.05) is 4.90 Å². The zero-order valence-electron chi connectivity index (χ0n) is 12.0. The summed E-state index contributed by atoms with van der Waals surface area (Å²) < 4.78 is 5.12. The first-order valence-corrected chi connectivity index (χ1v) is 6.89. The van der Waals surface area contributed by atoms with Crippen LogP contribution in [0.25, 0.3) is 0 Å². The molecule has 1 saturated carbocycles. The van der Waals surface area contributed by atoms with Gasteiger partial charge in [0.05, 0.1) is 17.9 Å². The van der Waals surface area contributed by atoms with Crippen LogP contribution in [0.4, 0.5) is 5.69 Å². The fourth-order valence-corrected chi connectivity index (χ4v) is 2.36. The van der Waals surface area contributed by atoms with Gasteiger partial charge in [0.1, 0.15) is 0 Å². The molecule has 110 valence electrons. The largest absolute Gasteiger partial charge is 0.383 e. The number of nitrogen functional groups attached to an aromatic ring is 1. The van der Waals surface area contributed by atoms with Crippen LogP contribution in [0, 0.1) is 5.92 Å². The van der Waals surface area contributed by atoms with E-state index in [-0.39, 0.29) is 11.9 Å². The van der Waals surface area contributed by atoms with Gasteiger partial charge in [0.15, 0.2) is 0 Å². The summed E-state index contributed by atoms with van der Waals surface area (Å²) in [7, 11) is 1.64. The quantitative estimate of drug-likeness (QED) is 0.579. The van der Waals surface area contributed by atoms with Gasteiger partial charge >= 0.3 is 0 Å². The Labute approximate surface area is 119 Å². The van der Waals surface area contributed by atoms with Crippen molar-refractivity contribution in [2.45, 2.75) is 25.8 Å². The maximum absolute atomic E-state index is 12.7. The van der Waals surface area contributed by atoms with Crippen LogP contribution in [0.2, 0.25) is 0 Å². The van der Waals surface area contributed by atoms with Crippen LogP contribution in [-0.2, 0) is 4.74 Å². The molecule has 1 aromatic heterocycles. The smallest absolute Gasteiger partial charge is 0.257 e. The number of nitrogens with zero attached hydrogens (tertiary/aromatic N) is 2. The average Bonchev–Trinajstić information content (AvgIpc) is 3.31. The van der Waals surface area contributed by atoms with Crippen molar-refractivity contribution in [1.82, 2.24) is 9.88 Å². The number of methoxy groups -OCH3 is 1. The van der Waals surface area contributed by atoms with Gasteiger partial charge in [-0.1, -0.05) is 0 Å². The molecular weight excluding hydrogens is 256 g/mol. The van der Waals surface area contributed by atoms with Crippen LogP contribution in [-0.4, -0.2) is 42.1 Å². The highest BCUT2D eigenvalue weighted by atomic mass is 16.5. The number of nitrogens with one attached hydrogen (secondary N) is 1. The zero-order chi connectivity index (χ0) is 14.5. The standard InChI is InChI=1S/C14H22N4O2/c1-10(11-3-4-11)18(7-8-20-2)14(19)12-9-16-6-5-13(12)17-15/h5-6,9-11H,3-4,7-8,15H2,1-2H3,(H,16,17). The van der Waals surface area contributed by atoms with E-state index < -0.39 is 0 Å². The number of ether oxygens (including phenoxy) is 1. The molecule has 1 heterocycles. The molecule has 0 aliphatic heterocycles. The molecular formula is C14H22N4O2. The Bertz CT molecular complexity index is 462. The molecule has 1 amide bonds. The molecule has 0 radical (unpaired) electrons. The molecule has 6 heteroatoms. The van der Waals surface area contributed by atoms with Gasteiger partial charge in [-0.15, -0.1) is 0 Å². The molecule has 0 spiro atoms. The first-order chi connectivity index (χ1) is 9.69. The van der Waals surface area contributed by atoms with Crippen LogP contribution in [0.1, 0.15) is 30.1 Å². The SMILES string of the molecule is COCCN(C(=O)c1cnccc1NN)C(C)C1CC1. The van der Waals surface area contributed by atoms with Gasteiger partial charge in [-0.25, -0.2) is 0 Å². The number of hydrazine groups is 1. The van der Waals surface area contributed by atoms with E-state index in [9.17, 15) is 4.79 Å². The zero-order valence-corrected chi connectivity index (χ0v) is 12.0. The Morgan fingerprint density at radius 2 is 2.40 bits per heavy atom. The summed E-state index contributed by atoms with van der Waals surface area (Å²) in [6, 6.07) is 1.91. The van der Waals surface area contributed by atoms with Crippen LogP contribution in [0.3, 0.4) is 0 Å². The second-order valence-corrected chi connectivity index (χ2v) is 5.13. The van der Waals surface area contributed by atoms with E-state index in [0.29, 0.717) is 30.3 Å². The topological polar surface area (TPSA) is 80.5 Å². The van der Waals surface area contributed by atoms with E-state index in [1.165, 1.54) is 12.8 Å². The number of carbonyl (C=O) groups excluding carboxylic acids is 1. The van der Waals surface area contributed by atoms with E-state index in [2.05, 4.69) is 17.3 Å². The second kappa shape index (κ2) is 6.67. The molecule has 0 bridgehead atoms. The van der Waals surface area contributed by atoms with Crippen molar-refractivity contribution in [3.05, 3.63) is 24.0 Å². The molecule has 1 aromatic rings. The maximum atomic E-state index is 12.7. The minimum Gasteiger partial charge on any atom is -0.383 e. The van der Waals surface area contributed by atoms with E-state index >= 15 is 0 Å². The van der Waals surface area contributed by atoms with Crippen LogP contribution in [0.5, 0.6) is 0 Å². The van der Waals surface area contributed by atoms with Crippen molar-refractivity contribution in [1.29, 1.82) is 0 Å². The molecule has 20 heavy (non-hydrogen) atoms.